The summed E-state index contributed by atoms with van der Waals surface area (Å²) in [5.74, 6) is 1.75. The lowest BCUT2D eigenvalue weighted by molar-refractivity contribution is 0.332. The Morgan fingerprint density at radius 3 is 2.81 bits per heavy atom. The molecule has 4 nitrogen and oxygen atoms in total. The molecule has 0 spiro atoms. The quantitative estimate of drug-likeness (QED) is 0.778. The molecule has 1 aromatic heterocycles. The van der Waals surface area contributed by atoms with Crippen molar-refractivity contribution in [3.8, 4) is 5.75 Å². The SMILES string of the molecule is Cn1ccnc1NCCOc1ccccc1. The molecule has 0 atom stereocenters. The predicted octanol–water partition coefficient (Wildman–Crippen LogP) is 1.91. The Hall–Kier alpha value is -1.97. The van der Waals surface area contributed by atoms with Gasteiger partial charge >= 0.3 is 0 Å². The molecule has 16 heavy (non-hydrogen) atoms. The lowest BCUT2D eigenvalue weighted by atomic mass is 10.3. The summed E-state index contributed by atoms with van der Waals surface area (Å²) in [5, 5.41) is 3.19. The molecule has 0 bridgehead atoms. The maximum Gasteiger partial charge on any atom is 0.202 e. The van der Waals surface area contributed by atoms with Crippen molar-refractivity contribution in [2.24, 2.45) is 7.05 Å². The van der Waals surface area contributed by atoms with E-state index in [1.165, 1.54) is 0 Å². The third-order valence-electron chi connectivity index (χ3n) is 2.22. The minimum Gasteiger partial charge on any atom is -0.492 e. The van der Waals surface area contributed by atoms with Gasteiger partial charge in [0.05, 0.1) is 6.54 Å². The van der Waals surface area contributed by atoms with Crippen LogP contribution in [0, 0.1) is 0 Å². The molecule has 0 unspecified atom stereocenters. The van der Waals surface area contributed by atoms with E-state index in [1.807, 2.05) is 48.1 Å². The molecule has 0 fully saturated rings. The highest BCUT2D eigenvalue weighted by molar-refractivity contribution is 5.25. The number of para-hydroxylation sites is 1. The van der Waals surface area contributed by atoms with E-state index < -0.39 is 0 Å². The molecular weight excluding hydrogens is 202 g/mol. The summed E-state index contributed by atoms with van der Waals surface area (Å²) in [6.07, 6.45) is 3.67. The Morgan fingerprint density at radius 1 is 1.31 bits per heavy atom. The summed E-state index contributed by atoms with van der Waals surface area (Å²) in [6, 6.07) is 9.78. The number of benzene rings is 1. The van der Waals surface area contributed by atoms with Gasteiger partial charge in [0.2, 0.25) is 5.95 Å². The molecule has 2 rings (SSSR count). The molecule has 0 saturated carbocycles. The molecule has 0 radical (unpaired) electrons. The van der Waals surface area contributed by atoms with Gasteiger partial charge in [-0.3, -0.25) is 0 Å². The number of nitrogens with one attached hydrogen (secondary N) is 1. The van der Waals surface area contributed by atoms with Gasteiger partial charge in [0, 0.05) is 19.4 Å². The monoisotopic (exact) mass is 217 g/mol. The number of imidazole rings is 1. The summed E-state index contributed by atoms with van der Waals surface area (Å²) in [5.41, 5.74) is 0. The van der Waals surface area contributed by atoms with Crippen molar-refractivity contribution in [3.05, 3.63) is 42.7 Å². The van der Waals surface area contributed by atoms with Gasteiger partial charge in [-0.15, -0.1) is 0 Å². The Morgan fingerprint density at radius 2 is 2.12 bits per heavy atom. The highest BCUT2D eigenvalue weighted by atomic mass is 16.5. The topological polar surface area (TPSA) is 39.1 Å². The van der Waals surface area contributed by atoms with Crippen LogP contribution in [0.5, 0.6) is 5.75 Å². The minimum absolute atomic E-state index is 0.622. The van der Waals surface area contributed by atoms with Crippen LogP contribution in [0.2, 0.25) is 0 Å². The van der Waals surface area contributed by atoms with Gasteiger partial charge in [0.1, 0.15) is 12.4 Å². The van der Waals surface area contributed by atoms with Gasteiger partial charge in [-0.1, -0.05) is 18.2 Å². The van der Waals surface area contributed by atoms with Crippen molar-refractivity contribution < 1.29 is 4.74 Å². The number of hydrogen-bond donors (Lipinski definition) is 1. The molecule has 0 aliphatic rings. The molecule has 1 aromatic carbocycles. The van der Waals surface area contributed by atoms with Crippen LogP contribution in [-0.4, -0.2) is 22.7 Å². The first-order valence-corrected chi connectivity index (χ1v) is 5.25. The summed E-state index contributed by atoms with van der Waals surface area (Å²) in [6.45, 7) is 1.36. The normalized spacial score (nSPS) is 10.1. The minimum atomic E-state index is 0.622. The zero-order chi connectivity index (χ0) is 11.2. The first-order valence-electron chi connectivity index (χ1n) is 5.25. The van der Waals surface area contributed by atoms with Gasteiger partial charge < -0.3 is 14.6 Å². The third kappa shape index (κ3) is 2.76. The van der Waals surface area contributed by atoms with Crippen LogP contribution >= 0.6 is 0 Å². The number of hydrogen-bond acceptors (Lipinski definition) is 3. The van der Waals surface area contributed by atoms with E-state index in [0.29, 0.717) is 6.61 Å². The van der Waals surface area contributed by atoms with E-state index in [0.717, 1.165) is 18.2 Å². The fourth-order valence-electron chi connectivity index (χ4n) is 1.38. The van der Waals surface area contributed by atoms with Gasteiger partial charge in [0.25, 0.3) is 0 Å². The first kappa shape index (κ1) is 10.5. The number of ether oxygens (including phenoxy) is 1. The molecular formula is C12H15N3O. The molecule has 0 aliphatic heterocycles. The lowest BCUT2D eigenvalue weighted by Crippen LogP contribution is -2.13. The zero-order valence-corrected chi connectivity index (χ0v) is 9.26. The van der Waals surface area contributed by atoms with Crippen molar-refractivity contribution in [2.45, 2.75) is 0 Å². The number of nitrogens with zero attached hydrogens (tertiary/aromatic N) is 2. The van der Waals surface area contributed by atoms with Crippen LogP contribution in [0.4, 0.5) is 5.95 Å². The number of aromatic nitrogens is 2. The van der Waals surface area contributed by atoms with Crippen molar-refractivity contribution in [1.82, 2.24) is 9.55 Å². The maximum absolute atomic E-state index is 5.54. The molecule has 84 valence electrons. The van der Waals surface area contributed by atoms with Crippen molar-refractivity contribution in [3.63, 3.8) is 0 Å². The second-order valence-electron chi connectivity index (χ2n) is 3.45. The Kier molecular flexibility index (Phi) is 3.43. The smallest absolute Gasteiger partial charge is 0.202 e. The molecule has 1 N–H and O–H groups in total. The average molecular weight is 217 g/mol. The maximum atomic E-state index is 5.54. The standard InChI is InChI=1S/C12H15N3O/c1-15-9-7-13-12(15)14-8-10-16-11-5-3-2-4-6-11/h2-7,9H,8,10H2,1H3,(H,13,14). The van der Waals surface area contributed by atoms with E-state index in [1.54, 1.807) is 6.20 Å². The second kappa shape index (κ2) is 5.21. The summed E-state index contributed by atoms with van der Waals surface area (Å²) < 4.78 is 7.48. The molecule has 2 aromatic rings. The Bertz CT molecular complexity index is 425. The van der Waals surface area contributed by atoms with Crippen molar-refractivity contribution in [2.75, 3.05) is 18.5 Å². The van der Waals surface area contributed by atoms with Crippen LogP contribution in [0.3, 0.4) is 0 Å². The summed E-state index contributed by atoms with van der Waals surface area (Å²) in [4.78, 5) is 4.16. The lowest BCUT2D eigenvalue weighted by Gasteiger charge is -2.07. The fraction of sp³-hybridized carbons (Fsp3) is 0.250. The van der Waals surface area contributed by atoms with Gasteiger partial charge in [0.15, 0.2) is 0 Å². The zero-order valence-electron chi connectivity index (χ0n) is 9.26. The van der Waals surface area contributed by atoms with Crippen LogP contribution < -0.4 is 10.1 Å². The Labute approximate surface area is 94.9 Å². The fourth-order valence-corrected chi connectivity index (χ4v) is 1.38. The van der Waals surface area contributed by atoms with E-state index >= 15 is 0 Å². The van der Waals surface area contributed by atoms with Gasteiger partial charge in [-0.05, 0) is 12.1 Å². The highest BCUT2D eigenvalue weighted by Gasteiger charge is 1.96. The van der Waals surface area contributed by atoms with E-state index in [2.05, 4.69) is 10.3 Å². The third-order valence-corrected chi connectivity index (χ3v) is 2.22. The average Bonchev–Trinajstić information content (AvgIpc) is 2.72. The predicted molar refractivity (Wildman–Crippen MR) is 63.6 cm³/mol. The van der Waals surface area contributed by atoms with E-state index in [9.17, 15) is 0 Å². The van der Waals surface area contributed by atoms with Crippen LogP contribution in [-0.2, 0) is 7.05 Å². The first-order chi connectivity index (χ1) is 7.86. The Balaban J connectivity index is 1.72. The summed E-state index contributed by atoms with van der Waals surface area (Å²) in [7, 11) is 1.95. The highest BCUT2D eigenvalue weighted by Crippen LogP contribution is 2.07. The van der Waals surface area contributed by atoms with Crippen LogP contribution in [0.25, 0.3) is 0 Å². The van der Waals surface area contributed by atoms with Crippen molar-refractivity contribution >= 4 is 5.95 Å². The second-order valence-corrected chi connectivity index (χ2v) is 3.45. The molecule has 0 amide bonds. The van der Waals surface area contributed by atoms with Crippen molar-refractivity contribution in [1.29, 1.82) is 0 Å². The molecule has 0 saturated heterocycles. The molecule has 4 heteroatoms. The van der Waals surface area contributed by atoms with Crippen LogP contribution in [0.1, 0.15) is 0 Å². The largest absolute Gasteiger partial charge is 0.492 e. The molecule has 0 aliphatic carbocycles. The number of rotatable bonds is 5. The number of anilines is 1. The van der Waals surface area contributed by atoms with Gasteiger partial charge in [-0.2, -0.15) is 0 Å². The van der Waals surface area contributed by atoms with Gasteiger partial charge in [-0.25, -0.2) is 4.98 Å². The van der Waals surface area contributed by atoms with Crippen LogP contribution in [0.15, 0.2) is 42.7 Å². The van der Waals surface area contributed by atoms with E-state index in [-0.39, 0.29) is 0 Å². The number of aryl methyl sites for hydroxylation is 1. The van der Waals surface area contributed by atoms with E-state index in [4.69, 9.17) is 4.74 Å². The molecule has 1 heterocycles. The summed E-state index contributed by atoms with van der Waals surface area (Å²) >= 11 is 0.